The van der Waals surface area contributed by atoms with Crippen LogP contribution in [0.3, 0.4) is 0 Å². The molecule has 7 nitrogen and oxygen atoms in total. The number of rotatable bonds is 5. The topological polar surface area (TPSA) is 121 Å². The minimum atomic E-state index is -4.45. The molecule has 0 saturated carbocycles. The van der Waals surface area contributed by atoms with E-state index in [1.807, 2.05) is 0 Å². The van der Waals surface area contributed by atoms with Crippen molar-refractivity contribution in [2.24, 2.45) is 0 Å². The van der Waals surface area contributed by atoms with Crippen molar-refractivity contribution in [2.75, 3.05) is 0 Å². The highest BCUT2D eigenvalue weighted by Crippen LogP contribution is 2.35. The second kappa shape index (κ2) is 15.0. The van der Waals surface area contributed by atoms with Gasteiger partial charge in [0.1, 0.15) is 0 Å². The van der Waals surface area contributed by atoms with Crippen molar-refractivity contribution in [1.29, 1.82) is 0 Å². The Morgan fingerprint density at radius 3 is 0.934 bits per heavy atom. The minimum absolute atomic E-state index is 0.0245. The number of benzene rings is 4. The summed E-state index contributed by atoms with van der Waals surface area (Å²) in [5, 5.41) is 3.75. The van der Waals surface area contributed by atoms with Gasteiger partial charge in [0, 0.05) is 66.5 Å². The second-order valence-corrected chi connectivity index (χ2v) is 18.7. The number of aromatic amines is 4. The maximum Gasteiger partial charge on any atom is 0.356 e. The lowest BCUT2D eigenvalue weighted by Crippen LogP contribution is -2.20. The lowest BCUT2D eigenvalue weighted by atomic mass is 9.91. The van der Waals surface area contributed by atoms with Gasteiger partial charge < -0.3 is 29.7 Å². The molecule has 6 N–H and O–H groups in total. The number of hydrogen-bond donors (Lipinski definition) is 6. The molecule has 8 aromatic rings. The number of hydrogen-bond acceptors (Lipinski definition) is 1. The molecule has 4 aromatic carbocycles. The number of fused-ring (bicyclic) bond motifs is 8. The molecule has 0 unspecified atom stereocenters. The van der Waals surface area contributed by atoms with E-state index in [9.17, 15) is 14.4 Å². The van der Waals surface area contributed by atoms with Crippen LogP contribution in [0.1, 0.15) is 95.1 Å². The van der Waals surface area contributed by atoms with Crippen LogP contribution >= 0.6 is 7.60 Å². The van der Waals surface area contributed by atoms with Gasteiger partial charge in [-0.15, -0.1) is 0 Å². The predicted molar refractivity (Wildman–Crippen MR) is 248 cm³/mol. The Balaban J connectivity index is 1.47. The van der Waals surface area contributed by atoms with Crippen molar-refractivity contribution in [2.45, 2.75) is 62.3 Å². The molecule has 1 aliphatic heterocycles. The monoisotopic (exact) mass is 822 g/mol. The lowest BCUT2D eigenvalue weighted by molar-refractivity contribution is 0.387. The Morgan fingerprint density at radius 2 is 0.639 bits per heavy atom. The van der Waals surface area contributed by atoms with Gasteiger partial charge in [-0.3, -0.25) is 4.57 Å². The van der Waals surface area contributed by atoms with E-state index in [0.29, 0.717) is 0 Å². The Kier molecular flexibility index (Phi) is 9.83. The van der Waals surface area contributed by atoms with E-state index < -0.39 is 7.60 Å². The maximum atomic E-state index is 12.3. The van der Waals surface area contributed by atoms with Crippen LogP contribution in [-0.4, -0.2) is 29.7 Å². The first kappa shape index (κ1) is 40.1. The van der Waals surface area contributed by atoms with E-state index in [-0.39, 0.29) is 5.30 Å². The minimum Gasteiger partial charge on any atom is -0.354 e. The van der Waals surface area contributed by atoms with E-state index in [4.69, 9.17) is 0 Å². The van der Waals surface area contributed by atoms with E-state index in [0.717, 1.165) is 83.2 Å². The quantitative estimate of drug-likeness (QED) is 0.0992. The first-order valence-electron chi connectivity index (χ1n) is 20.7. The van der Waals surface area contributed by atoms with Crippen LogP contribution in [0, 0.1) is 62.3 Å². The molecule has 306 valence electrons. The molecule has 0 fully saturated rings. The number of aryl methyl sites for hydroxylation is 9. The van der Waals surface area contributed by atoms with E-state index in [1.54, 1.807) is 12.1 Å². The van der Waals surface area contributed by atoms with Crippen molar-refractivity contribution >= 4 is 35.2 Å². The molecule has 9 rings (SSSR count). The van der Waals surface area contributed by atoms with Crippen LogP contribution in [0.2, 0.25) is 0 Å². The molecule has 4 aromatic heterocycles. The first-order chi connectivity index (χ1) is 29.0. The maximum absolute atomic E-state index is 12.3. The van der Waals surface area contributed by atoms with Gasteiger partial charge in [0.2, 0.25) is 0 Å². The van der Waals surface area contributed by atoms with Crippen molar-refractivity contribution in [1.82, 2.24) is 19.9 Å². The highest BCUT2D eigenvalue weighted by molar-refractivity contribution is 7.60. The third-order valence-electron chi connectivity index (χ3n) is 12.2. The van der Waals surface area contributed by atoms with Crippen molar-refractivity contribution in [3.05, 3.63) is 226 Å². The smallest absolute Gasteiger partial charge is 0.354 e. The molecule has 0 atom stereocenters. The Bertz CT molecular complexity index is 3330. The molecule has 8 bridgehead atoms. The van der Waals surface area contributed by atoms with Crippen molar-refractivity contribution < 1.29 is 14.4 Å². The van der Waals surface area contributed by atoms with Gasteiger partial charge in [-0.25, -0.2) is 0 Å². The zero-order chi connectivity index (χ0) is 43.1. The summed E-state index contributed by atoms with van der Waals surface area (Å²) in [5.74, 6) is 0. The van der Waals surface area contributed by atoms with Crippen LogP contribution in [0.4, 0.5) is 0 Å². The van der Waals surface area contributed by atoms with Crippen LogP contribution < -0.4 is 26.7 Å². The van der Waals surface area contributed by atoms with Gasteiger partial charge in [0.25, 0.3) is 0 Å². The molecule has 0 radical (unpaired) electrons. The molecule has 8 heteroatoms. The summed E-state index contributed by atoms with van der Waals surface area (Å²) in [6, 6.07) is 37.4. The van der Waals surface area contributed by atoms with Crippen LogP contribution in [0.25, 0.3) is 22.3 Å². The molecule has 0 aliphatic carbocycles. The fourth-order valence-corrected chi connectivity index (χ4v) is 10.5. The molecule has 1 aliphatic rings. The molecule has 0 spiro atoms. The fraction of sp³-hybridized carbons (Fsp3) is 0.170. The normalized spacial score (nSPS) is 13.1. The summed E-state index contributed by atoms with van der Waals surface area (Å²) in [7, 11) is -4.45. The number of aromatic nitrogens is 4. The zero-order valence-corrected chi connectivity index (χ0v) is 37.0. The highest BCUT2D eigenvalue weighted by atomic mass is 31.2. The van der Waals surface area contributed by atoms with E-state index >= 15 is 0 Å². The Morgan fingerprint density at radius 1 is 0.361 bits per heavy atom. The summed E-state index contributed by atoms with van der Waals surface area (Å²) in [6.45, 7) is 19.6. The van der Waals surface area contributed by atoms with Crippen LogP contribution in [0.15, 0.2) is 109 Å². The molecule has 0 amide bonds. The standard InChI is InChI=1S/C53H51N4O3P/c1-28-22-31(4)47(32(5)23-28)51-41-16-14-39(54-41)50(37-10-12-38(13-11-37)61(58,59)60)40-15-17-42(55-40)52(48-33(6)24-29(2)25-34(48)7)44-19-21-46(57-44)53(45-20-18-43(51)56-45)49-35(8)26-30(3)27-36(49)9/h10-27,54-57H,1-9H3,(H2,58,59,60). The average molecular weight is 823 g/mol. The van der Waals surface area contributed by atoms with Crippen LogP contribution in [0.5, 0.6) is 0 Å². The lowest BCUT2D eigenvalue weighted by Gasteiger charge is -2.16. The van der Waals surface area contributed by atoms with Gasteiger partial charge in [-0.2, -0.15) is 0 Å². The third kappa shape index (κ3) is 7.13. The molecule has 61 heavy (non-hydrogen) atoms. The van der Waals surface area contributed by atoms with E-state index in [1.165, 1.54) is 67.8 Å². The predicted octanol–water partition coefficient (Wildman–Crippen LogP) is 7.88. The molecule has 5 heterocycles. The van der Waals surface area contributed by atoms with Gasteiger partial charge >= 0.3 is 7.60 Å². The molecule has 0 saturated heterocycles. The second-order valence-electron chi connectivity index (χ2n) is 17.1. The van der Waals surface area contributed by atoms with Crippen molar-refractivity contribution in [3.8, 4) is 0 Å². The summed E-state index contributed by atoms with van der Waals surface area (Å²) in [6.07, 6.45) is 0. The van der Waals surface area contributed by atoms with Gasteiger partial charge in [-0.1, -0.05) is 65.2 Å². The summed E-state index contributed by atoms with van der Waals surface area (Å²) >= 11 is 0. The summed E-state index contributed by atoms with van der Waals surface area (Å²) in [4.78, 5) is 35.7. The Hall–Kier alpha value is -6.37. The average Bonchev–Trinajstić information content (AvgIpc) is 4.01. The summed E-state index contributed by atoms with van der Waals surface area (Å²) in [5.41, 5.74) is 22.9. The first-order valence-corrected chi connectivity index (χ1v) is 22.3. The van der Waals surface area contributed by atoms with Gasteiger partial charge in [0.15, 0.2) is 0 Å². The van der Waals surface area contributed by atoms with Crippen molar-refractivity contribution in [3.63, 3.8) is 0 Å². The van der Waals surface area contributed by atoms with E-state index in [2.05, 4.69) is 167 Å². The van der Waals surface area contributed by atoms with Gasteiger partial charge in [-0.05, 0) is 179 Å². The zero-order valence-electron chi connectivity index (χ0n) is 36.1. The third-order valence-corrected chi connectivity index (χ3v) is 13.1. The SMILES string of the molecule is Cc1cc(C)c(C2=c3ccc([nH]3)=C(c3ccc(P(=O)(O)O)cc3)c3ccc([nH]3)C(c3c(C)cc(C)cc3C)=c3ccc([nH]3)=C(c3c(C)cc(C)cc3C)c3ccc2[nH]3)c(C)c1. The molecular weight excluding hydrogens is 772 g/mol. The van der Waals surface area contributed by atoms with Crippen LogP contribution in [-0.2, 0) is 4.57 Å². The van der Waals surface area contributed by atoms with Gasteiger partial charge in [0.05, 0.1) is 5.30 Å². The number of H-pyrrole nitrogens is 4. The number of nitrogens with one attached hydrogen (secondary N) is 4. The highest BCUT2D eigenvalue weighted by Gasteiger charge is 2.23. The fourth-order valence-electron chi connectivity index (χ4n) is 9.99. The summed E-state index contributed by atoms with van der Waals surface area (Å²) < 4.78 is 12.3. The largest absolute Gasteiger partial charge is 0.356 e. The molecular formula is C53H51N4O3P. The Labute approximate surface area is 356 Å².